The molecule has 0 radical (unpaired) electrons. The molecule has 4 heteroatoms. The van der Waals surface area contributed by atoms with Crippen molar-refractivity contribution in [1.29, 1.82) is 0 Å². The standard InChI is InChI=1S/C38H44O4/c1-25(17-13-19-27(3)21-23-31-29(5)33(39)35(41)37(31,7)8)15-11-12-16-26(2)18-14-20-28(4)22-24-32-30(6)34(40)36(42)38(32,9)10/h11-24H,1-10H3. The molecule has 2 aliphatic carbocycles. The van der Waals surface area contributed by atoms with E-state index in [2.05, 4.69) is 0 Å². The lowest BCUT2D eigenvalue weighted by Crippen LogP contribution is -2.24. The van der Waals surface area contributed by atoms with Gasteiger partial charge in [0.2, 0.25) is 23.1 Å². The summed E-state index contributed by atoms with van der Waals surface area (Å²) in [6.45, 7) is 18.6. The quantitative estimate of drug-likeness (QED) is 0.197. The van der Waals surface area contributed by atoms with Crippen LogP contribution in [0.4, 0.5) is 0 Å². The van der Waals surface area contributed by atoms with E-state index in [1.807, 2.05) is 113 Å². The minimum Gasteiger partial charge on any atom is -0.289 e. The Morgan fingerprint density at radius 1 is 0.476 bits per heavy atom. The van der Waals surface area contributed by atoms with Crippen LogP contribution in [-0.4, -0.2) is 23.1 Å². The van der Waals surface area contributed by atoms with Gasteiger partial charge in [-0.05, 0) is 80.4 Å². The molecular weight excluding hydrogens is 520 g/mol. The molecule has 0 heterocycles. The largest absolute Gasteiger partial charge is 0.289 e. The van der Waals surface area contributed by atoms with Crippen molar-refractivity contribution in [2.24, 2.45) is 10.8 Å². The number of rotatable bonds is 10. The molecule has 0 aromatic carbocycles. The fraction of sp³-hybridized carbons (Fsp3) is 0.316. The molecule has 2 aliphatic rings. The SMILES string of the molecule is CC(C=CC=C(C)C=CC1=C(C)C(=O)C(=O)C1(C)C)=CC=CC=C(C)C=CC=C(C)C=CC1=C(C)C(=O)C(=O)C1(C)C. The van der Waals surface area contributed by atoms with Crippen LogP contribution in [0, 0.1) is 10.8 Å². The zero-order valence-corrected chi connectivity index (χ0v) is 26.7. The van der Waals surface area contributed by atoms with Crippen LogP contribution in [0.2, 0.25) is 0 Å². The van der Waals surface area contributed by atoms with Crippen LogP contribution in [0.5, 0.6) is 0 Å². The summed E-state index contributed by atoms with van der Waals surface area (Å²) in [5.41, 5.74) is 5.31. The van der Waals surface area contributed by atoms with Crippen molar-refractivity contribution < 1.29 is 19.2 Å². The smallest absolute Gasteiger partial charge is 0.225 e. The highest BCUT2D eigenvalue weighted by atomic mass is 16.2. The Morgan fingerprint density at radius 3 is 1.05 bits per heavy atom. The Bertz CT molecular complexity index is 1400. The molecule has 0 spiro atoms. The van der Waals surface area contributed by atoms with Crippen LogP contribution >= 0.6 is 0 Å². The molecule has 0 aromatic heterocycles. The number of carbonyl (C=O) groups excluding carboxylic acids is 4. The summed E-state index contributed by atoms with van der Waals surface area (Å²) >= 11 is 0. The van der Waals surface area contributed by atoms with E-state index < -0.39 is 10.8 Å². The van der Waals surface area contributed by atoms with Gasteiger partial charge < -0.3 is 0 Å². The third kappa shape index (κ3) is 8.19. The second-order valence-electron chi connectivity index (χ2n) is 12.1. The van der Waals surface area contributed by atoms with E-state index in [4.69, 9.17) is 0 Å². The molecule has 0 amide bonds. The van der Waals surface area contributed by atoms with Gasteiger partial charge in [0.05, 0.1) is 10.8 Å². The molecular formula is C38H44O4. The minimum atomic E-state index is -0.772. The highest BCUT2D eigenvalue weighted by molar-refractivity contribution is 6.49. The van der Waals surface area contributed by atoms with Crippen molar-refractivity contribution in [1.82, 2.24) is 0 Å². The molecule has 220 valence electrons. The predicted molar refractivity (Wildman–Crippen MR) is 174 cm³/mol. The van der Waals surface area contributed by atoms with Gasteiger partial charge in [0, 0.05) is 11.1 Å². The average Bonchev–Trinajstić information content (AvgIpc) is 3.16. The second-order valence-corrected chi connectivity index (χ2v) is 12.1. The molecule has 0 saturated carbocycles. The first-order chi connectivity index (χ1) is 19.5. The summed E-state index contributed by atoms with van der Waals surface area (Å²) < 4.78 is 0. The number of ketones is 4. The third-order valence-electron chi connectivity index (χ3n) is 7.68. The van der Waals surface area contributed by atoms with Crippen molar-refractivity contribution in [3.05, 3.63) is 130 Å². The zero-order valence-electron chi connectivity index (χ0n) is 26.7. The minimum absolute atomic E-state index is 0.344. The van der Waals surface area contributed by atoms with Gasteiger partial charge in [-0.1, -0.05) is 107 Å². The predicted octanol–water partition coefficient (Wildman–Crippen LogP) is 8.54. The van der Waals surface area contributed by atoms with E-state index in [0.29, 0.717) is 11.1 Å². The van der Waals surface area contributed by atoms with E-state index in [0.717, 1.165) is 33.4 Å². The van der Waals surface area contributed by atoms with Gasteiger partial charge in [-0.15, -0.1) is 0 Å². The number of allylic oxidation sites excluding steroid dienone is 22. The normalized spacial score (nSPS) is 21.1. The lowest BCUT2D eigenvalue weighted by Gasteiger charge is -2.17. The van der Waals surface area contributed by atoms with Crippen molar-refractivity contribution in [3.63, 3.8) is 0 Å². The summed E-state index contributed by atoms with van der Waals surface area (Å²) in [4.78, 5) is 48.4. The van der Waals surface area contributed by atoms with Crippen LogP contribution in [0.15, 0.2) is 130 Å². The van der Waals surface area contributed by atoms with E-state index >= 15 is 0 Å². The van der Waals surface area contributed by atoms with Gasteiger partial charge in [-0.2, -0.15) is 0 Å². The first-order valence-corrected chi connectivity index (χ1v) is 14.2. The van der Waals surface area contributed by atoms with Gasteiger partial charge in [-0.25, -0.2) is 0 Å². The Morgan fingerprint density at radius 2 is 0.762 bits per heavy atom. The summed E-state index contributed by atoms with van der Waals surface area (Å²) in [5.74, 6) is -1.46. The maximum Gasteiger partial charge on any atom is 0.225 e. The van der Waals surface area contributed by atoms with Crippen LogP contribution in [0.25, 0.3) is 0 Å². The zero-order chi connectivity index (χ0) is 31.8. The first kappa shape index (κ1) is 34.0. The molecule has 42 heavy (non-hydrogen) atoms. The summed E-state index contributed by atoms with van der Waals surface area (Å²) in [7, 11) is 0. The highest BCUT2D eigenvalue weighted by Gasteiger charge is 2.44. The van der Waals surface area contributed by atoms with Crippen LogP contribution in [0.1, 0.15) is 69.2 Å². The summed E-state index contributed by atoms with van der Waals surface area (Å²) in [5, 5.41) is 0. The monoisotopic (exact) mass is 564 g/mol. The van der Waals surface area contributed by atoms with E-state index in [9.17, 15) is 19.2 Å². The van der Waals surface area contributed by atoms with E-state index in [1.165, 1.54) is 0 Å². The van der Waals surface area contributed by atoms with Crippen molar-refractivity contribution in [3.8, 4) is 0 Å². The van der Waals surface area contributed by atoms with Crippen molar-refractivity contribution >= 4 is 23.1 Å². The number of carbonyl (C=O) groups is 4. The van der Waals surface area contributed by atoms with Crippen LogP contribution < -0.4 is 0 Å². The fourth-order valence-electron chi connectivity index (χ4n) is 4.77. The molecule has 0 saturated heterocycles. The van der Waals surface area contributed by atoms with Gasteiger partial charge in [0.1, 0.15) is 0 Å². The summed E-state index contributed by atoms with van der Waals surface area (Å²) in [6.07, 6.45) is 27.6. The number of Topliss-reactive ketones (excluding diaryl/α,β-unsaturated/α-hetero) is 4. The maximum absolute atomic E-state index is 12.2. The van der Waals surface area contributed by atoms with Crippen LogP contribution in [0.3, 0.4) is 0 Å². The Balaban J connectivity index is 1.93. The Labute approximate surface area is 251 Å². The molecule has 0 bridgehead atoms. The summed E-state index contributed by atoms with van der Waals surface area (Å²) in [6, 6.07) is 0. The lowest BCUT2D eigenvalue weighted by atomic mass is 9.84. The fourth-order valence-corrected chi connectivity index (χ4v) is 4.77. The number of hydrogen-bond donors (Lipinski definition) is 0. The van der Waals surface area contributed by atoms with Gasteiger partial charge in [-0.3, -0.25) is 19.2 Å². The molecule has 0 fully saturated rings. The number of hydrogen-bond acceptors (Lipinski definition) is 4. The maximum atomic E-state index is 12.2. The van der Waals surface area contributed by atoms with Gasteiger partial charge >= 0.3 is 0 Å². The van der Waals surface area contributed by atoms with E-state index in [-0.39, 0.29) is 23.1 Å². The Hall–Kier alpha value is -4.18. The van der Waals surface area contributed by atoms with Gasteiger partial charge in [0.15, 0.2) is 0 Å². The second kappa shape index (κ2) is 14.1. The molecule has 0 N–H and O–H groups in total. The first-order valence-electron chi connectivity index (χ1n) is 14.2. The topological polar surface area (TPSA) is 68.3 Å². The van der Waals surface area contributed by atoms with Crippen molar-refractivity contribution in [2.75, 3.05) is 0 Å². The molecule has 0 aliphatic heterocycles. The van der Waals surface area contributed by atoms with Gasteiger partial charge in [0.25, 0.3) is 0 Å². The highest BCUT2D eigenvalue weighted by Crippen LogP contribution is 2.39. The van der Waals surface area contributed by atoms with Crippen molar-refractivity contribution in [2.45, 2.75) is 69.2 Å². The molecule has 2 rings (SSSR count). The molecule has 0 aromatic rings. The Kier molecular flexibility index (Phi) is 11.4. The molecule has 4 nitrogen and oxygen atoms in total. The average molecular weight is 565 g/mol. The molecule has 0 unspecified atom stereocenters. The lowest BCUT2D eigenvalue weighted by molar-refractivity contribution is -0.137. The van der Waals surface area contributed by atoms with Crippen LogP contribution in [-0.2, 0) is 19.2 Å². The van der Waals surface area contributed by atoms with E-state index in [1.54, 1.807) is 41.5 Å². The molecule has 0 atom stereocenters. The third-order valence-corrected chi connectivity index (χ3v) is 7.68.